The molecule has 0 saturated carbocycles. The molecule has 0 spiro atoms. The highest BCUT2D eigenvalue weighted by atomic mass is 127. The van der Waals surface area contributed by atoms with Crippen LogP contribution in [0.2, 0.25) is 0 Å². The normalized spacial score (nSPS) is 10.3. The van der Waals surface area contributed by atoms with Gasteiger partial charge in [0.1, 0.15) is 5.82 Å². The molecule has 17 heavy (non-hydrogen) atoms. The monoisotopic (exact) mass is 404 g/mol. The van der Waals surface area contributed by atoms with Crippen molar-refractivity contribution in [3.05, 3.63) is 38.0 Å². The number of benzene rings is 1. The van der Waals surface area contributed by atoms with Gasteiger partial charge in [0.25, 0.3) is 0 Å². The molecule has 0 aliphatic rings. The summed E-state index contributed by atoms with van der Waals surface area (Å²) in [6, 6.07) is 7.89. The summed E-state index contributed by atoms with van der Waals surface area (Å²) in [5.74, 6) is 0.965. The lowest BCUT2D eigenvalue weighted by atomic mass is 10.3. The number of hydrogen-bond acceptors (Lipinski definition) is 4. The summed E-state index contributed by atoms with van der Waals surface area (Å²) in [4.78, 5) is 8.16. The minimum absolute atomic E-state index is 0.272. The molecule has 1 aromatic carbocycles. The average Bonchev–Trinajstić information content (AvgIpc) is 2.22. The Hall–Kier alpha value is -0.890. The largest absolute Gasteiger partial charge is 0.368 e. The van der Waals surface area contributed by atoms with E-state index in [9.17, 15) is 0 Å². The van der Waals surface area contributed by atoms with Gasteiger partial charge in [0.2, 0.25) is 5.95 Å². The molecule has 0 amide bonds. The third kappa shape index (κ3) is 3.29. The van der Waals surface area contributed by atoms with Crippen LogP contribution in [0.3, 0.4) is 0 Å². The minimum atomic E-state index is 0.272. The fraction of sp³-hybridized carbons (Fsp3) is 0.0909. The molecule has 1 aromatic heterocycles. The van der Waals surface area contributed by atoms with Crippen LogP contribution in [0.4, 0.5) is 17.5 Å². The molecule has 0 saturated heterocycles. The molecule has 88 valence electrons. The van der Waals surface area contributed by atoms with E-state index in [2.05, 4.69) is 53.8 Å². The van der Waals surface area contributed by atoms with Crippen molar-refractivity contribution in [3.8, 4) is 0 Å². The number of nitrogens with two attached hydrogens (primary N) is 1. The molecule has 6 heteroatoms. The number of aryl methyl sites for hydroxylation is 1. The van der Waals surface area contributed by atoms with Crippen LogP contribution in [0.5, 0.6) is 0 Å². The van der Waals surface area contributed by atoms with Gasteiger partial charge in [-0.3, -0.25) is 0 Å². The van der Waals surface area contributed by atoms with E-state index < -0.39 is 0 Å². The van der Waals surface area contributed by atoms with E-state index in [1.807, 2.05) is 31.2 Å². The number of nitrogens with one attached hydrogen (secondary N) is 1. The Morgan fingerprint density at radius 3 is 2.76 bits per heavy atom. The van der Waals surface area contributed by atoms with Crippen molar-refractivity contribution in [2.75, 3.05) is 11.1 Å². The summed E-state index contributed by atoms with van der Waals surface area (Å²) in [6.45, 7) is 1.88. The van der Waals surface area contributed by atoms with Gasteiger partial charge >= 0.3 is 0 Å². The zero-order chi connectivity index (χ0) is 12.4. The van der Waals surface area contributed by atoms with E-state index in [1.165, 1.54) is 0 Å². The van der Waals surface area contributed by atoms with Gasteiger partial charge in [0.15, 0.2) is 0 Å². The molecule has 2 aromatic rings. The topological polar surface area (TPSA) is 63.8 Å². The van der Waals surface area contributed by atoms with Crippen LogP contribution in [-0.2, 0) is 0 Å². The quantitative estimate of drug-likeness (QED) is 0.752. The van der Waals surface area contributed by atoms with Crippen molar-refractivity contribution in [1.29, 1.82) is 0 Å². The Kier molecular flexibility index (Phi) is 3.82. The van der Waals surface area contributed by atoms with E-state index in [4.69, 9.17) is 5.73 Å². The maximum atomic E-state index is 5.61. The third-order valence-corrected chi connectivity index (χ3v) is 3.43. The second-order valence-corrected chi connectivity index (χ2v) is 5.60. The van der Waals surface area contributed by atoms with Crippen LogP contribution < -0.4 is 11.1 Å². The van der Waals surface area contributed by atoms with Crippen LogP contribution in [0.25, 0.3) is 0 Å². The third-order valence-electron chi connectivity index (χ3n) is 2.06. The van der Waals surface area contributed by atoms with Gasteiger partial charge < -0.3 is 11.1 Å². The Morgan fingerprint density at radius 1 is 1.29 bits per heavy atom. The molecule has 0 bridgehead atoms. The van der Waals surface area contributed by atoms with Gasteiger partial charge in [-0.25, -0.2) is 4.98 Å². The van der Waals surface area contributed by atoms with Crippen LogP contribution in [-0.4, -0.2) is 9.97 Å². The van der Waals surface area contributed by atoms with Crippen molar-refractivity contribution in [2.45, 2.75) is 6.92 Å². The standard InChI is InChI=1S/C11H10BrIN4/c1-6-4-10(17-11(14)15-6)16-9-5-7(13)2-3-8(9)12/h2-5H,1H3,(H3,14,15,16,17). The molecule has 0 aliphatic carbocycles. The van der Waals surface area contributed by atoms with Crippen LogP contribution in [0.15, 0.2) is 28.7 Å². The van der Waals surface area contributed by atoms with Crippen molar-refractivity contribution >= 4 is 56.0 Å². The summed E-state index contributed by atoms with van der Waals surface area (Å²) in [5.41, 5.74) is 7.39. The Bertz CT molecular complexity index is 539. The summed E-state index contributed by atoms with van der Waals surface area (Å²) in [5, 5.41) is 3.21. The van der Waals surface area contributed by atoms with Gasteiger partial charge in [-0.1, -0.05) is 0 Å². The summed E-state index contributed by atoms with van der Waals surface area (Å²) < 4.78 is 2.12. The van der Waals surface area contributed by atoms with E-state index in [0.717, 1.165) is 19.4 Å². The first kappa shape index (κ1) is 12.6. The number of halogens is 2. The summed E-state index contributed by atoms with van der Waals surface area (Å²) >= 11 is 5.74. The van der Waals surface area contributed by atoms with Crippen molar-refractivity contribution < 1.29 is 0 Å². The lowest BCUT2D eigenvalue weighted by Crippen LogP contribution is -2.01. The molecule has 0 atom stereocenters. The molecule has 3 N–H and O–H groups in total. The number of hydrogen-bond donors (Lipinski definition) is 2. The first-order valence-electron chi connectivity index (χ1n) is 4.88. The molecule has 0 unspecified atom stereocenters. The number of aromatic nitrogens is 2. The van der Waals surface area contributed by atoms with Gasteiger partial charge in [0, 0.05) is 19.8 Å². The van der Waals surface area contributed by atoms with E-state index in [-0.39, 0.29) is 5.95 Å². The van der Waals surface area contributed by atoms with Crippen molar-refractivity contribution in [2.24, 2.45) is 0 Å². The highest BCUT2D eigenvalue weighted by molar-refractivity contribution is 14.1. The van der Waals surface area contributed by atoms with Crippen molar-refractivity contribution in [3.63, 3.8) is 0 Å². The predicted molar refractivity (Wildman–Crippen MR) is 81.3 cm³/mol. The molecule has 0 aliphatic heterocycles. The van der Waals surface area contributed by atoms with Gasteiger partial charge in [-0.15, -0.1) is 0 Å². The number of anilines is 3. The number of nitrogens with zero attached hydrogens (tertiary/aromatic N) is 2. The van der Waals surface area contributed by atoms with Crippen LogP contribution in [0, 0.1) is 10.5 Å². The van der Waals surface area contributed by atoms with Crippen LogP contribution >= 0.6 is 38.5 Å². The van der Waals surface area contributed by atoms with Gasteiger partial charge in [-0.2, -0.15) is 4.98 Å². The first-order chi connectivity index (χ1) is 8.04. The second kappa shape index (κ2) is 5.18. The van der Waals surface area contributed by atoms with Crippen molar-refractivity contribution in [1.82, 2.24) is 9.97 Å². The molecule has 1 heterocycles. The van der Waals surface area contributed by atoms with Crippen LogP contribution in [0.1, 0.15) is 5.69 Å². The zero-order valence-electron chi connectivity index (χ0n) is 9.04. The predicted octanol–water partition coefficient (Wildman–Crippen LogP) is 3.48. The van der Waals surface area contributed by atoms with E-state index in [1.54, 1.807) is 0 Å². The zero-order valence-corrected chi connectivity index (χ0v) is 12.8. The smallest absolute Gasteiger partial charge is 0.222 e. The van der Waals surface area contributed by atoms with E-state index >= 15 is 0 Å². The maximum absolute atomic E-state index is 5.61. The molecular formula is C11H10BrIN4. The Balaban J connectivity index is 2.34. The fourth-order valence-corrected chi connectivity index (χ4v) is 2.22. The average molecular weight is 405 g/mol. The second-order valence-electron chi connectivity index (χ2n) is 3.50. The molecular weight excluding hydrogens is 395 g/mol. The Morgan fingerprint density at radius 2 is 2.06 bits per heavy atom. The lowest BCUT2D eigenvalue weighted by Gasteiger charge is -2.09. The highest BCUT2D eigenvalue weighted by Crippen LogP contribution is 2.27. The summed E-state index contributed by atoms with van der Waals surface area (Å²) in [7, 11) is 0. The molecule has 4 nitrogen and oxygen atoms in total. The van der Waals surface area contributed by atoms with Gasteiger partial charge in [0.05, 0.1) is 5.69 Å². The maximum Gasteiger partial charge on any atom is 0.222 e. The highest BCUT2D eigenvalue weighted by Gasteiger charge is 2.04. The SMILES string of the molecule is Cc1cc(Nc2cc(I)ccc2Br)nc(N)n1. The lowest BCUT2D eigenvalue weighted by molar-refractivity contribution is 1.12. The van der Waals surface area contributed by atoms with E-state index in [0.29, 0.717) is 5.82 Å². The number of rotatable bonds is 2. The molecule has 2 rings (SSSR count). The van der Waals surface area contributed by atoms with Gasteiger partial charge in [-0.05, 0) is 63.6 Å². The minimum Gasteiger partial charge on any atom is -0.368 e. The molecule has 0 fully saturated rings. The summed E-state index contributed by atoms with van der Waals surface area (Å²) in [6.07, 6.45) is 0. The molecule has 0 radical (unpaired) electrons. The first-order valence-corrected chi connectivity index (χ1v) is 6.75. The number of nitrogen functional groups attached to an aromatic ring is 1. The fourth-order valence-electron chi connectivity index (χ4n) is 1.39. The Labute approximate surface area is 121 Å².